The van der Waals surface area contributed by atoms with Gasteiger partial charge in [0.25, 0.3) is 5.91 Å². The monoisotopic (exact) mass is 219 g/mol. The van der Waals surface area contributed by atoms with Crippen molar-refractivity contribution in [3.05, 3.63) is 42.5 Å². The molecule has 16 heavy (non-hydrogen) atoms. The van der Waals surface area contributed by atoms with E-state index in [1.54, 1.807) is 6.08 Å². The molecule has 1 rings (SSSR count). The first-order valence-corrected chi connectivity index (χ1v) is 5.29. The Morgan fingerprint density at radius 1 is 1.44 bits per heavy atom. The number of nitrogens with one attached hydrogen (secondary N) is 1. The number of aryl methyl sites for hydroxylation is 1. The van der Waals surface area contributed by atoms with Crippen molar-refractivity contribution in [3.63, 3.8) is 0 Å². The van der Waals surface area contributed by atoms with Gasteiger partial charge in [-0.25, -0.2) is 0 Å². The molecule has 0 aliphatic rings. The molecule has 1 N–H and O–H groups in total. The van der Waals surface area contributed by atoms with Crippen molar-refractivity contribution < 1.29 is 9.53 Å². The predicted molar refractivity (Wildman–Crippen MR) is 64.5 cm³/mol. The van der Waals surface area contributed by atoms with Crippen molar-refractivity contribution in [2.45, 2.75) is 13.3 Å². The Kier molecular flexibility index (Phi) is 5.12. The first-order valence-electron chi connectivity index (χ1n) is 5.29. The van der Waals surface area contributed by atoms with Crippen molar-refractivity contribution in [1.29, 1.82) is 0 Å². The zero-order valence-corrected chi connectivity index (χ0v) is 9.53. The fourth-order valence-corrected chi connectivity index (χ4v) is 1.15. The van der Waals surface area contributed by atoms with Crippen LogP contribution in [0.15, 0.2) is 36.9 Å². The van der Waals surface area contributed by atoms with E-state index < -0.39 is 0 Å². The maximum Gasteiger partial charge on any atom is 0.257 e. The third kappa shape index (κ3) is 4.64. The van der Waals surface area contributed by atoms with E-state index in [4.69, 9.17) is 4.74 Å². The summed E-state index contributed by atoms with van der Waals surface area (Å²) in [7, 11) is 0. The molecule has 1 aromatic rings. The van der Waals surface area contributed by atoms with E-state index in [1.165, 1.54) is 5.56 Å². The Morgan fingerprint density at radius 2 is 2.12 bits per heavy atom. The average Bonchev–Trinajstić information content (AvgIpc) is 2.29. The minimum atomic E-state index is -0.109. The van der Waals surface area contributed by atoms with Crippen LogP contribution in [0.2, 0.25) is 0 Å². The van der Waals surface area contributed by atoms with Gasteiger partial charge in [0.2, 0.25) is 0 Å². The van der Waals surface area contributed by atoms with Crippen molar-refractivity contribution in [3.8, 4) is 5.75 Å². The van der Waals surface area contributed by atoms with Gasteiger partial charge in [-0.2, -0.15) is 0 Å². The van der Waals surface area contributed by atoms with Crippen LogP contribution in [0.5, 0.6) is 5.75 Å². The van der Waals surface area contributed by atoms with Crippen molar-refractivity contribution in [2.75, 3.05) is 13.2 Å². The zero-order chi connectivity index (χ0) is 11.8. The molecule has 0 bridgehead atoms. The summed E-state index contributed by atoms with van der Waals surface area (Å²) in [6.07, 6.45) is 2.54. The lowest BCUT2D eigenvalue weighted by Gasteiger charge is -2.06. The number of hydrogen-bond acceptors (Lipinski definition) is 2. The number of hydrogen-bond donors (Lipinski definition) is 1. The second-order valence-corrected chi connectivity index (χ2v) is 3.53. The summed E-state index contributed by atoms with van der Waals surface area (Å²) < 4.78 is 5.32. The molecule has 1 aromatic carbocycles. The van der Waals surface area contributed by atoms with Crippen LogP contribution in [0.3, 0.4) is 0 Å². The minimum Gasteiger partial charge on any atom is -0.484 e. The highest BCUT2D eigenvalue weighted by molar-refractivity contribution is 5.77. The van der Waals surface area contributed by atoms with Gasteiger partial charge in [-0.3, -0.25) is 4.79 Å². The van der Waals surface area contributed by atoms with E-state index >= 15 is 0 Å². The Hall–Kier alpha value is -1.77. The van der Waals surface area contributed by atoms with Crippen LogP contribution < -0.4 is 10.1 Å². The first kappa shape index (κ1) is 12.3. The molecule has 3 nitrogen and oxygen atoms in total. The summed E-state index contributed by atoms with van der Waals surface area (Å²) >= 11 is 0. The molecule has 86 valence electrons. The van der Waals surface area contributed by atoms with Gasteiger partial charge >= 0.3 is 0 Å². The summed E-state index contributed by atoms with van der Waals surface area (Å²) in [5.41, 5.74) is 1.17. The maximum atomic E-state index is 11.3. The molecule has 0 aliphatic heterocycles. The Morgan fingerprint density at radius 3 is 2.75 bits per heavy atom. The van der Waals surface area contributed by atoms with Crippen LogP contribution in [0, 0.1) is 6.92 Å². The topological polar surface area (TPSA) is 38.3 Å². The normalized spacial score (nSPS) is 9.56. The zero-order valence-electron chi connectivity index (χ0n) is 9.53. The predicted octanol–water partition coefficient (Wildman–Crippen LogP) is 2.07. The fraction of sp³-hybridized carbons (Fsp3) is 0.308. The van der Waals surface area contributed by atoms with E-state index in [0.717, 1.165) is 6.42 Å². The Labute approximate surface area is 96.1 Å². The molecule has 3 heteroatoms. The highest BCUT2D eigenvalue weighted by atomic mass is 16.5. The summed E-state index contributed by atoms with van der Waals surface area (Å²) in [6, 6.07) is 7.61. The van der Waals surface area contributed by atoms with E-state index in [9.17, 15) is 4.79 Å². The maximum absolute atomic E-state index is 11.3. The fourth-order valence-electron chi connectivity index (χ4n) is 1.15. The van der Waals surface area contributed by atoms with Gasteiger partial charge in [-0.15, -0.1) is 6.58 Å². The first-order chi connectivity index (χ1) is 7.72. The molecular formula is C13H17NO2. The molecule has 0 atom stereocenters. The number of rotatable bonds is 6. The third-order valence-corrected chi connectivity index (χ3v) is 2.06. The van der Waals surface area contributed by atoms with Crippen LogP contribution in [-0.4, -0.2) is 19.1 Å². The van der Waals surface area contributed by atoms with Gasteiger partial charge in [0.1, 0.15) is 5.75 Å². The summed E-state index contributed by atoms with van der Waals surface area (Å²) in [5, 5.41) is 2.73. The van der Waals surface area contributed by atoms with Crippen LogP contribution in [0.1, 0.15) is 12.0 Å². The number of carbonyl (C=O) groups excluding carboxylic acids is 1. The molecule has 0 unspecified atom stereocenters. The van der Waals surface area contributed by atoms with Crippen LogP contribution in [0.25, 0.3) is 0 Å². The lowest BCUT2D eigenvalue weighted by atomic mass is 10.2. The van der Waals surface area contributed by atoms with Gasteiger partial charge in [-0.1, -0.05) is 23.8 Å². The number of benzene rings is 1. The van der Waals surface area contributed by atoms with Crippen LogP contribution in [0.4, 0.5) is 0 Å². The molecule has 0 heterocycles. The average molecular weight is 219 g/mol. The largest absolute Gasteiger partial charge is 0.484 e. The molecule has 0 saturated heterocycles. The van der Waals surface area contributed by atoms with Crippen molar-refractivity contribution in [1.82, 2.24) is 5.32 Å². The van der Waals surface area contributed by atoms with Crippen molar-refractivity contribution in [2.24, 2.45) is 0 Å². The highest BCUT2D eigenvalue weighted by Gasteiger charge is 2.00. The Balaban J connectivity index is 2.26. The molecular weight excluding hydrogens is 202 g/mol. The number of amides is 1. The molecule has 0 aliphatic carbocycles. The lowest BCUT2D eigenvalue weighted by Crippen LogP contribution is -2.29. The smallest absolute Gasteiger partial charge is 0.257 e. The molecule has 0 radical (unpaired) electrons. The molecule has 0 fully saturated rings. The molecule has 0 aromatic heterocycles. The Bertz CT molecular complexity index is 343. The number of carbonyl (C=O) groups is 1. The second-order valence-electron chi connectivity index (χ2n) is 3.53. The summed E-state index contributed by atoms with van der Waals surface area (Å²) in [5.74, 6) is 0.604. The van der Waals surface area contributed by atoms with Crippen LogP contribution >= 0.6 is 0 Å². The SMILES string of the molecule is C=CCCNC(=O)COc1ccc(C)cc1. The van der Waals surface area contributed by atoms with Gasteiger partial charge in [0.05, 0.1) is 0 Å². The minimum absolute atomic E-state index is 0.0558. The summed E-state index contributed by atoms with van der Waals surface area (Å²) in [4.78, 5) is 11.3. The third-order valence-electron chi connectivity index (χ3n) is 2.06. The summed E-state index contributed by atoms with van der Waals surface area (Å²) in [6.45, 7) is 6.25. The molecule has 0 saturated carbocycles. The van der Waals surface area contributed by atoms with E-state index in [0.29, 0.717) is 12.3 Å². The second kappa shape index (κ2) is 6.67. The van der Waals surface area contributed by atoms with E-state index in [2.05, 4.69) is 11.9 Å². The molecule has 1 amide bonds. The standard InChI is InChI=1S/C13H17NO2/c1-3-4-9-14-13(15)10-16-12-7-5-11(2)6-8-12/h3,5-8H,1,4,9-10H2,2H3,(H,14,15). The van der Waals surface area contributed by atoms with Gasteiger partial charge in [0, 0.05) is 6.54 Å². The van der Waals surface area contributed by atoms with Gasteiger partial charge < -0.3 is 10.1 Å². The molecule has 0 spiro atoms. The lowest BCUT2D eigenvalue weighted by molar-refractivity contribution is -0.123. The van der Waals surface area contributed by atoms with E-state index in [-0.39, 0.29) is 12.5 Å². The van der Waals surface area contributed by atoms with Crippen LogP contribution in [-0.2, 0) is 4.79 Å². The van der Waals surface area contributed by atoms with Crippen molar-refractivity contribution >= 4 is 5.91 Å². The van der Waals surface area contributed by atoms with Gasteiger partial charge in [0.15, 0.2) is 6.61 Å². The quantitative estimate of drug-likeness (QED) is 0.587. The van der Waals surface area contributed by atoms with E-state index in [1.807, 2.05) is 31.2 Å². The van der Waals surface area contributed by atoms with Gasteiger partial charge in [-0.05, 0) is 25.5 Å². The number of ether oxygens (including phenoxy) is 1. The highest BCUT2D eigenvalue weighted by Crippen LogP contribution is 2.10.